The summed E-state index contributed by atoms with van der Waals surface area (Å²) in [4.78, 5) is 29.7. The number of carbonyl (C=O) groups excluding carboxylic acids is 1. The van der Waals surface area contributed by atoms with Gasteiger partial charge in [0.1, 0.15) is 5.52 Å². The molecule has 118 valence electrons. The number of likely N-dealkylation sites (tertiary alicyclic amines) is 1. The number of hydrogen-bond donors (Lipinski definition) is 1. The van der Waals surface area contributed by atoms with Crippen molar-refractivity contribution in [1.82, 2.24) is 24.2 Å². The minimum absolute atomic E-state index is 0.00999. The van der Waals surface area contributed by atoms with Crippen LogP contribution in [-0.4, -0.2) is 53.9 Å². The third-order valence-corrected chi connectivity index (χ3v) is 4.21. The van der Waals surface area contributed by atoms with Gasteiger partial charge in [0.25, 0.3) is 5.56 Å². The predicted octanol–water partition coefficient (Wildman–Crippen LogP) is -0.497. The summed E-state index contributed by atoms with van der Waals surface area (Å²) in [5.74, 6) is 0.00999. The fourth-order valence-electron chi connectivity index (χ4n) is 2.87. The van der Waals surface area contributed by atoms with Crippen LogP contribution in [0.2, 0.25) is 0 Å². The van der Waals surface area contributed by atoms with Crippen molar-refractivity contribution < 1.29 is 9.90 Å². The van der Waals surface area contributed by atoms with Crippen molar-refractivity contribution >= 4 is 16.9 Å². The van der Waals surface area contributed by atoms with Crippen LogP contribution in [0.1, 0.15) is 19.8 Å². The van der Waals surface area contributed by atoms with Crippen LogP contribution in [0.5, 0.6) is 0 Å². The number of fused-ring (bicyclic) bond motifs is 1. The van der Waals surface area contributed by atoms with Crippen LogP contribution in [0.15, 0.2) is 17.3 Å². The lowest BCUT2D eigenvalue weighted by molar-refractivity contribution is -0.133. The Morgan fingerprint density at radius 3 is 2.73 bits per heavy atom. The first-order valence-electron chi connectivity index (χ1n) is 7.25. The monoisotopic (exact) mass is 305 g/mol. The number of piperidine rings is 1. The smallest absolute Gasteiger partial charge is 0.281 e. The summed E-state index contributed by atoms with van der Waals surface area (Å²) in [7, 11) is 1.73. The van der Waals surface area contributed by atoms with Crippen molar-refractivity contribution in [3.05, 3.63) is 22.9 Å². The molecule has 2 aromatic rings. The average Bonchev–Trinajstić information content (AvgIpc) is 2.84. The topological polar surface area (TPSA) is 93.2 Å². The molecule has 2 aromatic heterocycles. The molecule has 0 bridgehead atoms. The third kappa shape index (κ3) is 2.61. The van der Waals surface area contributed by atoms with E-state index in [9.17, 15) is 14.7 Å². The average molecular weight is 305 g/mol. The number of aliphatic hydroxyl groups is 1. The van der Waals surface area contributed by atoms with Gasteiger partial charge < -0.3 is 10.0 Å². The Kier molecular flexibility index (Phi) is 3.48. The fraction of sp³-hybridized carbons (Fsp3) is 0.571. The first-order valence-corrected chi connectivity index (χ1v) is 7.25. The number of rotatable bonds is 2. The van der Waals surface area contributed by atoms with Gasteiger partial charge >= 0.3 is 0 Å². The van der Waals surface area contributed by atoms with E-state index in [4.69, 9.17) is 0 Å². The molecule has 0 saturated carbocycles. The maximum absolute atomic E-state index is 12.4. The molecule has 3 heterocycles. The molecule has 1 N–H and O–H groups in total. The zero-order valence-corrected chi connectivity index (χ0v) is 12.7. The van der Waals surface area contributed by atoms with Crippen molar-refractivity contribution in [3.8, 4) is 0 Å². The van der Waals surface area contributed by atoms with Crippen molar-refractivity contribution in [2.24, 2.45) is 7.05 Å². The van der Waals surface area contributed by atoms with Crippen LogP contribution in [0, 0.1) is 0 Å². The lowest BCUT2D eigenvalue weighted by Gasteiger charge is -2.37. The number of aromatic nitrogens is 4. The maximum atomic E-state index is 12.4. The Morgan fingerprint density at radius 1 is 1.41 bits per heavy atom. The Balaban J connectivity index is 1.83. The van der Waals surface area contributed by atoms with Gasteiger partial charge in [0.2, 0.25) is 5.91 Å². The van der Waals surface area contributed by atoms with E-state index >= 15 is 0 Å². The van der Waals surface area contributed by atoms with Crippen LogP contribution in [0.25, 0.3) is 11.0 Å². The molecular formula is C14H19N5O3. The number of amides is 1. The highest BCUT2D eigenvalue weighted by molar-refractivity contribution is 5.73. The number of carbonyl (C=O) groups is 1. The van der Waals surface area contributed by atoms with Crippen molar-refractivity contribution in [2.45, 2.75) is 31.9 Å². The second-order valence-electron chi connectivity index (χ2n) is 5.94. The highest BCUT2D eigenvalue weighted by Gasteiger charge is 2.34. The molecule has 1 amide bonds. The Hall–Kier alpha value is -2.22. The van der Waals surface area contributed by atoms with E-state index in [0.717, 1.165) is 0 Å². The van der Waals surface area contributed by atoms with E-state index in [-0.39, 0.29) is 18.0 Å². The molecule has 1 saturated heterocycles. The molecule has 22 heavy (non-hydrogen) atoms. The Morgan fingerprint density at radius 2 is 2.09 bits per heavy atom. The molecule has 1 fully saturated rings. The normalized spacial score (nSPS) is 17.9. The molecule has 0 spiro atoms. The quantitative estimate of drug-likeness (QED) is 0.807. The Labute approximate surface area is 127 Å². The zero-order valence-electron chi connectivity index (χ0n) is 12.7. The van der Waals surface area contributed by atoms with Crippen LogP contribution in [0.3, 0.4) is 0 Å². The molecule has 0 atom stereocenters. The van der Waals surface area contributed by atoms with E-state index in [1.54, 1.807) is 22.8 Å². The molecule has 0 aromatic carbocycles. The van der Waals surface area contributed by atoms with Crippen molar-refractivity contribution in [1.29, 1.82) is 0 Å². The SMILES string of the molecule is CC(=O)N1CCC(O)(Cn2cnc3cn(C)nc3c2=O)CC1. The fourth-order valence-corrected chi connectivity index (χ4v) is 2.87. The van der Waals surface area contributed by atoms with E-state index in [1.165, 1.54) is 17.8 Å². The zero-order chi connectivity index (χ0) is 15.9. The van der Waals surface area contributed by atoms with Crippen molar-refractivity contribution in [2.75, 3.05) is 13.1 Å². The van der Waals surface area contributed by atoms with Gasteiger partial charge in [-0.2, -0.15) is 5.10 Å². The lowest BCUT2D eigenvalue weighted by Crippen LogP contribution is -2.49. The molecule has 1 aliphatic rings. The van der Waals surface area contributed by atoms with E-state index in [2.05, 4.69) is 10.1 Å². The standard InChI is InChI=1S/C14H19N5O3/c1-10(20)18-5-3-14(22,4-6-18)8-19-9-15-11-7-17(2)16-12(11)13(19)21/h7,9,22H,3-6,8H2,1-2H3. The van der Waals surface area contributed by atoms with E-state index in [0.29, 0.717) is 37.0 Å². The van der Waals surface area contributed by atoms with Gasteiger partial charge in [0.15, 0.2) is 5.52 Å². The number of aryl methyl sites for hydroxylation is 1. The summed E-state index contributed by atoms with van der Waals surface area (Å²) in [5, 5.41) is 14.8. The highest BCUT2D eigenvalue weighted by atomic mass is 16.3. The molecule has 1 aliphatic heterocycles. The summed E-state index contributed by atoms with van der Waals surface area (Å²) >= 11 is 0. The second-order valence-corrected chi connectivity index (χ2v) is 5.94. The minimum atomic E-state index is -1.00. The molecule has 8 nitrogen and oxygen atoms in total. The summed E-state index contributed by atoms with van der Waals surface area (Å²) in [6.45, 7) is 2.69. The summed E-state index contributed by atoms with van der Waals surface area (Å²) < 4.78 is 2.95. The van der Waals surface area contributed by atoms with Crippen LogP contribution >= 0.6 is 0 Å². The minimum Gasteiger partial charge on any atom is -0.388 e. The molecular weight excluding hydrogens is 286 g/mol. The second kappa shape index (κ2) is 5.20. The van der Waals surface area contributed by atoms with Gasteiger partial charge in [-0.25, -0.2) is 4.98 Å². The predicted molar refractivity (Wildman–Crippen MR) is 79.2 cm³/mol. The highest BCUT2D eigenvalue weighted by Crippen LogP contribution is 2.23. The van der Waals surface area contributed by atoms with Gasteiger partial charge in [-0.1, -0.05) is 0 Å². The largest absolute Gasteiger partial charge is 0.388 e. The van der Waals surface area contributed by atoms with Crippen molar-refractivity contribution in [3.63, 3.8) is 0 Å². The van der Waals surface area contributed by atoms with E-state index in [1.807, 2.05) is 0 Å². The lowest BCUT2D eigenvalue weighted by atomic mass is 9.91. The van der Waals surface area contributed by atoms with Gasteiger partial charge in [-0.15, -0.1) is 0 Å². The van der Waals surface area contributed by atoms with Gasteiger partial charge in [0.05, 0.1) is 24.7 Å². The van der Waals surface area contributed by atoms with Gasteiger partial charge in [-0.3, -0.25) is 18.8 Å². The van der Waals surface area contributed by atoms with Gasteiger partial charge in [0, 0.05) is 27.1 Å². The number of hydrogen-bond acceptors (Lipinski definition) is 5. The molecule has 0 aliphatic carbocycles. The van der Waals surface area contributed by atoms with Gasteiger partial charge in [-0.05, 0) is 12.8 Å². The summed E-state index contributed by atoms with van der Waals surface area (Å²) in [6, 6.07) is 0. The number of nitrogens with zero attached hydrogens (tertiary/aromatic N) is 5. The molecule has 3 rings (SSSR count). The Bertz CT molecular complexity index is 770. The van der Waals surface area contributed by atoms with Crippen LogP contribution in [0.4, 0.5) is 0 Å². The molecule has 0 unspecified atom stereocenters. The molecule has 0 radical (unpaired) electrons. The first-order chi connectivity index (χ1) is 10.4. The van der Waals surface area contributed by atoms with Crippen LogP contribution in [-0.2, 0) is 18.4 Å². The molecule has 8 heteroatoms. The first kappa shape index (κ1) is 14.7. The van der Waals surface area contributed by atoms with E-state index < -0.39 is 5.60 Å². The summed E-state index contributed by atoms with van der Waals surface area (Å²) in [5.41, 5.74) is -0.412. The third-order valence-electron chi connectivity index (χ3n) is 4.21. The summed E-state index contributed by atoms with van der Waals surface area (Å²) in [6.07, 6.45) is 4.02. The van der Waals surface area contributed by atoms with Crippen LogP contribution < -0.4 is 5.56 Å². The maximum Gasteiger partial charge on any atom is 0.281 e.